The van der Waals surface area contributed by atoms with Crippen LogP contribution in [0.5, 0.6) is 0 Å². The van der Waals surface area contributed by atoms with Gasteiger partial charge in [-0.05, 0) is 13.0 Å². The van der Waals surface area contributed by atoms with E-state index in [9.17, 15) is 24.3 Å². The van der Waals surface area contributed by atoms with Gasteiger partial charge in [-0.1, -0.05) is 11.8 Å². The van der Waals surface area contributed by atoms with Gasteiger partial charge in [0.1, 0.15) is 29.0 Å². The second-order valence-corrected chi connectivity index (χ2v) is 8.58. The zero-order chi connectivity index (χ0) is 22.9. The number of thioether (sulfide) groups is 1. The minimum absolute atomic E-state index is 0. The van der Waals surface area contributed by atoms with Crippen LogP contribution in [0.1, 0.15) is 23.2 Å². The molecule has 2 aromatic heterocycles. The summed E-state index contributed by atoms with van der Waals surface area (Å²) < 4.78 is 7.31. The summed E-state index contributed by atoms with van der Waals surface area (Å²) in [7, 11) is 0. The van der Waals surface area contributed by atoms with Gasteiger partial charge in [0.2, 0.25) is 11.7 Å². The van der Waals surface area contributed by atoms with E-state index in [1.807, 2.05) is 0 Å². The number of nitrogens with zero attached hydrogens (tertiary/aromatic N) is 6. The second kappa shape index (κ2) is 8.27. The third-order valence-corrected chi connectivity index (χ3v) is 6.58. The standard InChI is InChI=1S/C18H17N7O6S.Na.H/c1-6-3-10(25-18(20-6)21-15(22-25)14(19)27)32-5-9-12(17(29)30)24-11-8(31-9)4-23(7(2)26)13(11)16(24)28;;/h3,8,11,13H,4-5H2,1-2H3,(H2,19,27)(H,29,30);;/t8-,11-,13+;;/m1../s1. The fourth-order valence-corrected chi connectivity index (χ4v) is 5.27. The van der Waals surface area contributed by atoms with Gasteiger partial charge >= 0.3 is 35.5 Å². The summed E-state index contributed by atoms with van der Waals surface area (Å²) in [5.41, 5.74) is 5.63. The van der Waals surface area contributed by atoms with Crippen molar-refractivity contribution in [1.82, 2.24) is 29.4 Å². The molecule has 0 aliphatic carbocycles. The van der Waals surface area contributed by atoms with Crippen molar-refractivity contribution in [2.45, 2.75) is 37.1 Å². The normalized spacial score (nSPS) is 23.1. The Morgan fingerprint density at radius 1 is 1.33 bits per heavy atom. The molecule has 3 amide bonds. The Kier molecular flexibility index (Phi) is 5.88. The molecule has 2 fully saturated rings. The number of primary amides is 1. The Bertz CT molecular complexity index is 1260. The van der Waals surface area contributed by atoms with Crippen molar-refractivity contribution in [2.75, 3.05) is 12.3 Å². The predicted molar refractivity (Wildman–Crippen MR) is 113 cm³/mol. The maximum absolute atomic E-state index is 12.7. The number of aliphatic carboxylic acids is 1. The summed E-state index contributed by atoms with van der Waals surface area (Å²) in [4.78, 5) is 58.9. The molecule has 3 aliphatic heterocycles. The quantitative estimate of drug-likeness (QED) is 0.212. The molecule has 0 bridgehead atoms. The molecule has 0 spiro atoms. The number of carboxylic acids is 1. The molecule has 0 saturated carbocycles. The van der Waals surface area contributed by atoms with Crippen LogP contribution < -0.4 is 5.73 Å². The molecule has 3 N–H and O–H groups in total. The Morgan fingerprint density at radius 3 is 2.70 bits per heavy atom. The van der Waals surface area contributed by atoms with Gasteiger partial charge in [-0.25, -0.2) is 9.78 Å². The fraction of sp³-hybridized carbons (Fsp3) is 0.389. The molecule has 15 heteroatoms. The Morgan fingerprint density at radius 2 is 2.06 bits per heavy atom. The van der Waals surface area contributed by atoms with Crippen LogP contribution in [0, 0.1) is 6.92 Å². The van der Waals surface area contributed by atoms with E-state index in [2.05, 4.69) is 15.1 Å². The summed E-state index contributed by atoms with van der Waals surface area (Å²) in [5, 5.41) is 14.4. The third-order valence-electron chi connectivity index (χ3n) is 5.59. The second-order valence-electron chi connectivity index (χ2n) is 7.58. The van der Waals surface area contributed by atoms with Crippen molar-refractivity contribution in [3.05, 3.63) is 29.0 Å². The first kappa shape index (κ1) is 23.5. The molecule has 5 rings (SSSR count). The number of carbonyl (C=O) groups is 4. The number of rotatable bonds is 5. The van der Waals surface area contributed by atoms with Gasteiger partial charge in [0.15, 0.2) is 5.70 Å². The van der Waals surface area contributed by atoms with Crippen molar-refractivity contribution < 1.29 is 29.0 Å². The number of β-lactam (4-membered cyclic amide) rings is 1. The summed E-state index contributed by atoms with van der Waals surface area (Å²) in [6.07, 6.45) is -0.507. The van der Waals surface area contributed by atoms with Crippen LogP contribution in [-0.2, 0) is 19.1 Å². The number of aryl methyl sites for hydroxylation is 1. The SMILES string of the molecule is CC(=O)N1C[C@H]2OC(CSc3cc(C)nc4nc(C(N)=O)nn34)=C(C(=O)O)N3C(=O)[C@@H]1[C@@H]23.[NaH]. The van der Waals surface area contributed by atoms with Crippen LogP contribution in [0.25, 0.3) is 5.78 Å². The number of aromatic nitrogens is 4. The van der Waals surface area contributed by atoms with E-state index < -0.39 is 36.0 Å². The van der Waals surface area contributed by atoms with E-state index in [-0.39, 0.29) is 70.8 Å². The average Bonchev–Trinajstić information content (AvgIpc) is 3.30. The molecule has 168 valence electrons. The van der Waals surface area contributed by atoms with Gasteiger partial charge in [-0.3, -0.25) is 19.3 Å². The van der Waals surface area contributed by atoms with Crippen LogP contribution in [0.4, 0.5) is 0 Å². The monoisotopic (exact) mass is 483 g/mol. The molecule has 5 heterocycles. The Labute approximate surface area is 212 Å². The van der Waals surface area contributed by atoms with E-state index in [0.29, 0.717) is 10.7 Å². The van der Waals surface area contributed by atoms with Crippen LogP contribution in [0.15, 0.2) is 22.5 Å². The summed E-state index contributed by atoms with van der Waals surface area (Å²) in [6.45, 7) is 3.31. The van der Waals surface area contributed by atoms with Crippen LogP contribution >= 0.6 is 11.8 Å². The average molecular weight is 483 g/mol. The first-order valence-corrected chi connectivity index (χ1v) is 10.6. The number of ether oxygens (including phenoxy) is 1. The van der Waals surface area contributed by atoms with Crippen molar-refractivity contribution in [3.63, 3.8) is 0 Å². The summed E-state index contributed by atoms with van der Waals surface area (Å²) in [5.74, 6) is -2.64. The van der Waals surface area contributed by atoms with E-state index >= 15 is 0 Å². The number of carbonyl (C=O) groups excluding carboxylic acids is 3. The zero-order valence-corrected chi connectivity index (χ0v) is 17.7. The summed E-state index contributed by atoms with van der Waals surface area (Å²) in [6, 6.07) is 0.502. The van der Waals surface area contributed by atoms with E-state index in [0.717, 1.165) is 0 Å². The first-order chi connectivity index (χ1) is 15.2. The fourth-order valence-electron chi connectivity index (χ4n) is 4.29. The first-order valence-electron chi connectivity index (χ1n) is 9.57. The van der Waals surface area contributed by atoms with E-state index in [4.69, 9.17) is 10.5 Å². The molecule has 13 nitrogen and oxygen atoms in total. The number of carboxylic acid groups (broad SMARTS) is 1. The molecule has 0 aromatic carbocycles. The number of nitrogens with two attached hydrogens (primary N) is 1. The van der Waals surface area contributed by atoms with Crippen molar-refractivity contribution in [1.29, 1.82) is 0 Å². The Balaban J connectivity index is 0.00000259. The van der Waals surface area contributed by atoms with Crippen LogP contribution in [0.3, 0.4) is 0 Å². The minimum atomic E-state index is -1.29. The van der Waals surface area contributed by atoms with Crippen LogP contribution in [-0.4, -0.2) is 118 Å². The topological polar surface area (TPSA) is 173 Å². The number of fused-ring (bicyclic) bond motifs is 1. The van der Waals surface area contributed by atoms with Crippen molar-refractivity contribution in [3.8, 4) is 0 Å². The molecule has 3 aliphatic rings. The molecule has 0 radical (unpaired) electrons. The molecule has 2 aromatic rings. The molecule has 2 saturated heterocycles. The molecular weight excluding hydrogens is 465 g/mol. The molecular formula is C18H18N7NaO6S. The maximum atomic E-state index is 12.7. The van der Waals surface area contributed by atoms with E-state index in [1.54, 1.807) is 13.0 Å². The van der Waals surface area contributed by atoms with Gasteiger partial charge in [0, 0.05) is 12.6 Å². The van der Waals surface area contributed by atoms with Crippen LogP contribution in [0.2, 0.25) is 0 Å². The third kappa shape index (κ3) is 3.57. The van der Waals surface area contributed by atoms with Gasteiger partial charge in [-0.2, -0.15) is 9.50 Å². The number of likely N-dealkylation sites (tertiary alicyclic amines) is 1. The zero-order valence-electron chi connectivity index (χ0n) is 16.9. The van der Waals surface area contributed by atoms with Gasteiger partial charge in [0.05, 0.1) is 12.3 Å². The molecule has 0 unspecified atom stereocenters. The molecule has 3 atom stereocenters. The number of amides is 3. The van der Waals surface area contributed by atoms with Gasteiger partial charge in [0.25, 0.3) is 17.6 Å². The Hall–Kier alpha value is -2.68. The van der Waals surface area contributed by atoms with Crippen molar-refractivity contribution in [2.24, 2.45) is 5.73 Å². The van der Waals surface area contributed by atoms with Gasteiger partial charge in [-0.15, -0.1) is 5.10 Å². The number of hydrogen-bond donors (Lipinski definition) is 2. The predicted octanol–water partition coefficient (Wildman–Crippen LogP) is -1.89. The number of hydrogen-bond acceptors (Lipinski definition) is 9. The summed E-state index contributed by atoms with van der Waals surface area (Å²) >= 11 is 1.18. The van der Waals surface area contributed by atoms with Crippen molar-refractivity contribution >= 4 is 70.8 Å². The van der Waals surface area contributed by atoms with E-state index in [1.165, 1.54) is 33.0 Å². The molecule has 33 heavy (non-hydrogen) atoms. The van der Waals surface area contributed by atoms with Gasteiger partial charge < -0.3 is 20.5 Å².